The van der Waals surface area contributed by atoms with Gasteiger partial charge in [0.2, 0.25) is 0 Å². The van der Waals surface area contributed by atoms with Crippen molar-refractivity contribution in [3.05, 3.63) is 106 Å². The first-order chi connectivity index (χ1) is 17.2. The maximum atomic E-state index is 12.8. The first-order valence-electron chi connectivity index (χ1n) is 12.9. The number of aryl methyl sites for hydroxylation is 1. The van der Waals surface area contributed by atoms with Gasteiger partial charge in [0.1, 0.15) is 0 Å². The normalized spacial score (nSPS) is 18.3. The largest absolute Gasteiger partial charge is 0.326 e. The molecule has 0 aliphatic carbocycles. The van der Waals surface area contributed by atoms with Crippen LogP contribution in [0.1, 0.15) is 48.4 Å². The molecule has 0 spiro atoms. The molecule has 2 heterocycles. The fourth-order valence-electron chi connectivity index (χ4n) is 5.60. The van der Waals surface area contributed by atoms with Crippen LogP contribution in [0.15, 0.2) is 83.7 Å². The van der Waals surface area contributed by atoms with E-state index < -0.39 is 0 Å². The van der Waals surface area contributed by atoms with E-state index in [0.29, 0.717) is 6.04 Å². The van der Waals surface area contributed by atoms with Crippen LogP contribution in [0.4, 0.5) is 0 Å². The van der Waals surface area contributed by atoms with Crippen LogP contribution < -0.4 is 11.0 Å². The summed E-state index contributed by atoms with van der Waals surface area (Å²) in [6.07, 6.45) is 4.24. The van der Waals surface area contributed by atoms with E-state index in [0.717, 1.165) is 68.5 Å². The van der Waals surface area contributed by atoms with Crippen molar-refractivity contribution in [2.45, 2.75) is 57.8 Å². The lowest BCUT2D eigenvalue weighted by atomic mass is 9.95. The third-order valence-electron chi connectivity index (χ3n) is 7.30. The molecule has 1 unspecified atom stereocenters. The van der Waals surface area contributed by atoms with E-state index in [2.05, 4.69) is 88.9 Å². The van der Waals surface area contributed by atoms with Crippen molar-refractivity contribution in [1.82, 2.24) is 19.8 Å². The quantitative estimate of drug-likeness (QED) is 0.345. The van der Waals surface area contributed by atoms with E-state index in [1.165, 1.54) is 11.1 Å². The predicted molar refractivity (Wildman–Crippen MR) is 144 cm³/mol. The Morgan fingerprint density at radius 3 is 2.29 bits per heavy atom. The average molecular weight is 469 g/mol. The van der Waals surface area contributed by atoms with Gasteiger partial charge in [-0.25, -0.2) is 4.79 Å². The van der Waals surface area contributed by atoms with Gasteiger partial charge in [-0.3, -0.25) is 9.47 Å². The topological polar surface area (TPSA) is 53.1 Å². The molecule has 0 radical (unpaired) electrons. The Hall–Kier alpha value is -3.15. The van der Waals surface area contributed by atoms with Crippen molar-refractivity contribution < 1.29 is 0 Å². The average Bonchev–Trinajstić information content (AvgIpc) is 3.22. The molecule has 5 nitrogen and oxygen atoms in total. The van der Waals surface area contributed by atoms with Gasteiger partial charge in [0.05, 0.1) is 11.0 Å². The molecule has 0 amide bonds. The number of H-pyrrole nitrogens is 1. The molecular weight excluding hydrogens is 432 g/mol. The third kappa shape index (κ3) is 5.75. The second-order valence-electron chi connectivity index (χ2n) is 9.92. The second kappa shape index (κ2) is 11.1. The van der Waals surface area contributed by atoms with Crippen molar-refractivity contribution in [3.8, 4) is 0 Å². The number of hydrogen-bond acceptors (Lipinski definition) is 3. The summed E-state index contributed by atoms with van der Waals surface area (Å²) >= 11 is 0. The lowest BCUT2D eigenvalue weighted by Gasteiger charge is -2.32. The van der Waals surface area contributed by atoms with Gasteiger partial charge >= 0.3 is 5.69 Å². The van der Waals surface area contributed by atoms with Crippen LogP contribution >= 0.6 is 0 Å². The van der Waals surface area contributed by atoms with Crippen LogP contribution in [-0.4, -0.2) is 33.6 Å². The predicted octanol–water partition coefficient (Wildman–Crippen LogP) is 5.41. The van der Waals surface area contributed by atoms with Crippen molar-refractivity contribution in [2.75, 3.05) is 13.1 Å². The lowest BCUT2D eigenvalue weighted by Crippen LogP contribution is -2.41. The number of benzene rings is 3. The standard InChI is InChI=1S/C30H36N4O/c1-23-10-8-16-28-29(23)34(30(35)32-28)27-17-18-31-26(20-27)15-9-19-33(21-24-11-4-2-5-12-24)22-25-13-6-3-7-14-25/h2-8,10-14,16,26-27,31H,9,15,17-22H2,1H3,(H,32,35)/t26?,27-/m0/s1. The van der Waals surface area contributed by atoms with E-state index in [1.807, 2.05) is 16.7 Å². The van der Waals surface area contributed by atoms with E-state index >= 15 is 0 Å². The molecule has 3 aromatic carbocycles. The molecule has 1 aliphatic rings. The Balaban J connectivity index is 1.23. The molecule has 5 heteroatoms. The number of rotatable bonds is 9. The Morgan fingerprint density at radius 1 is 0.914 bits per heavy atom. The number of piperidine rings is 1. The fraction of sp³-hybridized carbons (Fsp3) is 0.367. The molecule has 1 aromatic heterocycles. The van der Waals surface area contributed by atoms with Crippen LogP contribution in [0, 0.1) is 6.92 Å². The number of aromatic amines is 1. The number of nitrogens with zero attached hydrogens (tertiary/aromatic N) is 2. The van der Waals surface area contributed by atoms with Crippen molar-refractivity contribution in [1.29, 1.82) is 0 Å². The summed E-state index contributed by atoms with van der Waals surface area (Å²) < 4.78 is 2.02. The van der Waals surface area contributed by atoms with Gasteiger partial charge in [0.25, 0.3) is 0 Å². The van der Waals surface area contributed by atoms with E-state index in [-0.39, 0.29) is 11.7 Å². The number of imidazole rings is 1. The Kier molecular flexibility index (Phi) is 7.45. The minimum Gasteiger partial charge on any atom is -0.314 e. The zero-order valence-corrected chi connectivity index (χ0v) is 20.6. The van der Waals surface area contributed by atoms with E-state index in [9.17, 15) is 4.79 Å². The highest BCUT2D eigenvalue weighted by Crippen LogP contribution is 2.27. The molecule has 1 saturated heterocycles. The number of hydrogen-bond donors (Lipinski definition) is 2. The minimum atomic E-state index is 0.0249. The summed E-state index contributed by atoms with van der Waals surface area (Å²) in [5.74, 6) is 0. The zero-order chi connectivity index (χ0) is 24.0. The lowest BCUT2D eigenvalue weighted by molar-refractivity contribution is 0.233. The molecule has 4 aromatic rings. The molecule has 1 aliphatic heterocycles. The number of para-hydroxylation sites is 1. The molecular formula is C30H36N4O. The SMILES string of the molecule is Cc1cccc2[nH]c(=O)n([C@H]3CCNC(CCCN(Cc4ccccc4)Cc4ccccc4)C3)c12. The van der Waals surface area contributed by atoms with Crippen LogP contribution in [0.5, 0.6) is 0 Å². The van der Waals surface area contributed by atoms with E-state index in [4.69, 9.17) is 0 Å². The van der Waals surface area contributed by atoms with Gasteiger partial charge in [-0.05, 0) is 68.5 Å². The molecule has 2 atom stereocenters. The summed E-state index contributed by atoms with van der Waals surface area (Å²) in [6, 6.07) is 28.3. The molecule has 1 fully saturated rings. The monoisotopic (exact) mass is 468 g/mol. The van der Waals surface area contributed by atoms with Gasteiger partial charge in [-0.2, -0.15) is 0 Å². The molecule has 0 saturated carbocycles. The fourth-order valence-corrected chi connectivity index (χ4v) is 5.60. The Bertz CT molecular complexity index is 1240. The maximum Gasteiger partial charge on any atom is 0.326 e. The molecule has 182 valence electrons. The highest BCUT2D eigenvalue weighted by atomic mass is 16.1. The summed E-state index contributed by atoms with van der Waals surface area (Å²) in [4.78, 5) is 18.4. The van der Waals surface area contributed by atoms with Crippen molar-refractivity contribution in [2.24, 2.45) is 0 Å². The second-order valence-corrected chi connectivity index (χ2v) is 9.92. The Labute approximate surface area is 207 Å². The van der Waals surface area contributed by atoms with Gasteiger partial charge in [-0.15, -0.1) is 0 Å². The number of fused-ring (bicyclic) bond motifs is 1. The summed E-state index contributed by atoms with van der Waals surface area (Å²) in [6.45, 7) is 6.02. The molecule has 35 heavy (non-hydrogen) atoms. The first-order valence-corrected chi connectivity index (χ1v) is 12.9. The van der Waals surface area contributed by atoms with Gasteiger partial charge < -0.3 is 10.3 Å². The van der Waals surface area contributed by atoms with Gasteiger partial charge in [0, 0.05) is 25.2 Å². The molecule has 5 rings (SSSR count). The third-order valence-corrected chi connectivity index (χ3v) is 7.30. The molecule has 2 N–H and O–H groups in total. The smallest absolute Gasteiger partial charge is 0.314 e. The van der Waals surface area contributed by atoms with Gasteiger partial charge in [-0.1, -0.05) is 72.8 Å². The maximum absolute atomic E-state index is 12.8. The number of aromatic nitrogens is 2. The highest BCUT2D eigenvalue weighted by Gasteiger charge is 2.26. The van der Waals surface area contributed by atoms with E-state index in [1.54, 1.807) is 0 Å². The van der Waals surface area contributed by atoms with Gasteiger partial charge in [0.15, 0.2) is 0 Å². The van der Waals surface area contributed by atoms with Crippen molar-refractivity contribution in [3.63, 3.8) is 0 Å². The van der Waals surface area contributed by atoms with Crippen LogP contribution in [0.2, 0.25) is 0 Å². The summed E-state index contributed by atoms with van der Waals surface area (Å²) in [7, 11) is 0. The molecule has 0 bridgehead atoms. The highest BCUT2D eigenvalue weighted by molar-refractivity contribution is 5.78. The van der Waals surface area contributed by atoms with Crippen LogP contribution in [-0.2, 0) is 13.1 Å². The van der Waals surface area contributed by atoms with Crippen LogP contribution in [0.25, 0.3) is 11.0 Å². The Morgan fingerprint density at radius 2 is 1.60 bits per heavy atom. The van der Waals surface area contributed by atoms with Crippen LogP contribution in [0.3, 0.4) is 0 Å². The summed E-state index contributed by atoms with van der Waals surface area (Å²) in [5.41, 5.74) is 5.91. The summed E-state index contributed by atoms with van der Waals surface area (Å²) in [5, 5.41) is 3.72. The zero-order valence-electron chi connectivity index (χ0n) is 20.6. The minimum absolute atomic E-state index is 0.0249. The number of nitrogens with one attached hydrogen (secondary N) is 2. The van der Waals surface area contributed by atoms with Crippen molar-refractivity contribution >= 4 is 11.0 Å². The first kappa shape index (κ1) is 23.6.